The molecule has 0 aliphatic carbocycles. The Labute approximate surface area is 89.5 Å². The molecule has 0 unspecified atom stereocenters. The standard InChI is InChI=1S/C10H19NO4/c1-3-4-5-10(8(12)13,9(14)15)6-7-11-2/h11H,3-7H2,1-2H3,(H,12,13)(H,14,15). The molecule has 0 aromatic carbocycles. The highest BCUT2D eigenvalue weighted by Gasteiger charge is 2.45. The number of rotatable bonds is 8. The summed E-state index contributed by atoms with van der Waals surface area (Å²) in [6.45, 7) is 2.30. The maximum Gasteiger partial charge on any atom is 0.321 e. The normalized spacial score (nSPS) is 11.3. The molecule has 88 valence electrons. The van der Waals surface area contributed by atoms with E-state index < -0.39 is 17.4 Å². The van der Waals surface area contributed by atoms with Gasteiger partial charge in [-0.05, 0) is 26.4 Å². The number of aliphatic carboxylic acids is 2. The maximum atomic E-state index is 11.1. The smallest absolute Gasteiger partial charge is 0.321 e. The lowest BCUT2D eigenvalue weighted by Crippen LogP contribution is -2.41. The average molecular weight is 217 g/mol. The third kappa shape index (κ3) is 3.51. The van der Waals surface area contributed by atoms with Crippen molar-refractivity contribution in [3.63, 3.8) is 0 Å². The molecule has 0 saturated carbocycles. The fraction of sp³-hybridized carbons (Fsp3) is 0.800. The van der Waals surface area contributed by atoms with Crippen LogP contribution >= 0.6 is 0 Å². The van der Waals surface area contributed by atoms with Crippen molar-refractivity contribution in [3.05, 3.63) is 0 Å². The molecule has 0 spiro atoms. The number of carbonyl (C=O) groups is 2. The fourth-order valence-electron chi connectivity index (χ4n) is 1.46. The van der Waals surface area contributed by atoms with E-state index in [2.05, 4.69) is 5.32 Å². The third-order valence-corrected chi connectivity index (χ3v) is 2.58. The molecule has 0 atom stereocenters. The van der Waals surface area contributed by atoms with Gasteiger partial charge in [0.25, 0.3) is 0 Å². The van der Waals surface area contributed by atoms with Gasteiger partial charge in [0.2, 0.25) is 0 Å². The van der Waals surface area contributed by atoms with Crippen LogP contribution in [0.1, 0.15) is 32.6 Å². The van der Waals surface area contributed by atoms with Gasteiger partial charge in [-0.25, -0.2) is 0 Å². The molecule has 0 aromatic heterocycles. The highest BCUT2D eigenvalue weighted by Crippen LogP contribution is 2.29. The molecule has 0 rings (SSSR count). The van der Waals surface area contributed by atoms with Gasteiger partial charge in [-0.1, -0.05) is 19.8 Å². The lowest BCUT2D eigenvalue weighted by atomic mass is 9.79. The number of carboxylic acids is 2. The van der Waals surface area contributed by atoms with E-state index in [9.17, 15) is 9.59 Å². The molecule has 5 heteroatoms. The summed E-state index contributed by atoms with van der Waals surface area (Å²) in [6, 6.07) is 0. The van der Waals surface area contributed by atoms with Crippen LogP contribution in [0.2, 0.25) is 0 Å². The molecule has 0 radical (unpaired) electrons. The lowest BCUT2D eigenvalue weighted by molar-refractivity contribution is -0.165. The zero-order chi connectivity index (χ0) is 11.9. The first-order valence-corrected chi connectivity index (χ1v) is 5.12. The van der Waals surface area contributed by atoms with Gasteiger partial charge in [-0.15, -0.1) is 0 Å². The summed E-state index contributed by atoms with van der Waals surface area (Å²) >= 11 is 0. The van der Waals surface area contributed by atoms with Crippen LogP contribution in [-0.4, -0.2) is 35.7 Å². The summed E-state index contributed by atoms with van der Waals surface area (Å²) in [5, 5.41) is 20.9. The Morgan fingerprint density at radius 2 is 1.73 bits per heavy atom. The molecule has 0 fully saturated rings. The molecule has 0 aromatic rings. The Morgan fingerprint density at radius 3 is 2.07 bits per heavy atom. The Kier molecular flexibility index (Phi) is 5.93. The quantitative estimate of drug-likeness (QED) is 0.527. The number of hydrogen-bond acceptors (Lipinski definition) is 3. The molecule has 3 N–H and O–H groups in total. The Hall–Kier alpha value is -1.10. The zero-order valence-electron chi connectivity index (χ0n) is 9.25. The molecule has 5 nitrogen and oxygen atoms in total. The second-order valence-electron chi connectivity index (χ2n) is 3.65. The second-order valence-corrected chi connectivity index (χ2v) is 3.65. The van der Waals surface area contributed by atoms with Crippen molar-refractivity contribution in [2.75, 3.05) is 13.6 Å². The molecular weight excluding hydrogens is 198 g/mol. The van der Waals surface area contributed by atoms with Crippen molar-refractivity contribution in [2.45, 2.75) is 32.6 Å². The van der Waals surface area contributed by atoms with Crippen molar-refractivity contribution in [1.82, 2.24) is 5.32 Å². The Balaban J connectivity index is 4.73. The van der Waals surface area contributed by atoms with Crippen LogP contribution in [-0.2, 0) is 9.59 Å². The molecule has 0 aliphatic rings. The lowest BCUT2D eigenvalue weighted by Gasteiger charge is -2.24. The van der Waals surface area contributed by atoms with Gasteiger partial charge in [-0.2, -0.15) is 0 Å². The average Bonchev–Trinajstić information content (AvgIpc) is 2.17. The minimum atomic E-state index is -1.63. The SMILES string of the molecule is CCCCC(CCNC)(C(=O)O)C(=O)O. The highest BCUT2D eigenvalue weighted by atomic mass is 16.4. The summed E-state index contributed by atoms with van der Waals surface area (Å²) in [6.07, 6.45) is 1.72. The van der Waals surface area contributed by atoms with Crippen molar-refractivity contribution >= 4 is 11.9 Å². The van der Waals surface area contributed by atoms with Crippen LogP contribution in [0.25, 0.3) is 0 Å². The first-order chi connectivity index (χ1) is 7.01. The van der Waals surface area contributed by atoms with E-state index in [0.29, 0.717) is 13.0 Å². The number of unbranched alkanes of at least 4 members (excludes halogenated alkanes) is 1. The van der Waals surface area contributed by atoms with Crippen LogP contribution < -0.4 is 5.32 Å². The Morgan fingerprint density at radius 1 is 1.20 bits per heavy atom. The molecule has 15 heavy (non-hydrogen) atoms. The molecule has 0 saturated heterocycles. The molecule has 0 amide bonds. The van der Waals surface area contributed by atoms with E-state index in [1.54, 1.807) is 7.05 Å². The third-order valence-electron chi connectivity index (χ3n) is 2.58. The van der Waals surface area contributed by atoms with Gasteiger partial charge in [0.1, 0.15) is 0 Å². The van der Waals surface area contributed by atoms with Crippen LogP contribution in [0.15, 0.2) is 0 Å². The van der Waals surface area contributed by atoms with E-state index in [0.717, 1.165) is 6.42 Å². The van der Waals surface area contributed by atoms with E-state index >= 15 is 0 Å². The summed E-state index contributed by atoms with van der Waals surface area (Å²) in [5.74, 6) is -2.47. The number of nitrogens with one attached hydrogen (secondary N) is 1. The largest absolute Gasteiger partial charge is 0.480 e. The summed E-state index contributed by atoms with van der Waals surface area (Å²) in [4.78, 5) is 22.1. The highest BCUT2D eigenvalue weighted by molar-refractivity contribution is 5.98. The predicted octanol–water partition coefficient (Wildman–Crippen LogP) is 0.942. The number of hydrogen-bond donors (Lipinski definition) is 3. The maximum absolute atomic E-state index is 11.1. The van der Waals surface area contributed by atoms with E-state index in [-0.39, 0.29) is 12.8 Å². The van der Waals surface area contributed by atoms with Gasteiger partial charge >= 0.3 is 11.9 Å². The summed E-state index contributed by atoms with van der Waals surface area (Å²) < 4.78 is 0. The van der Waals surface area contributed by atoms with Gasteiger partial charge in [0, 0.05) is 0 Å². The van der Waals surface area contributed by atoms with E-state index in [1.165, 1.54) is 0 Å². The van der Waals surface area contributed by atoms with Crippen molar-refractivity contribution in [2.24, 2.45) is 5.41 Å². The van der Waals surface area contributed by atoms with Crippen LogP contribution in [0, 0.1) is 5.41 Å². The van der Waals surface area contributed by atoms with E-state index in [1.807, 2.05) is 6.92 Å². The van der Waals surface area contributed by atoms with Gasteiger partial charge in [-0.3, -0.25) is 9.59 Å². The zero-order valence-corrected chi connectivity index (χ0v) is 9.25. The van der Waals surface area contributed by atoms with Gasteiger partial charge in [0.05, 0.1) is 0 Å². The summed E-state index contributed by atoms with van der Waals surface area (Å²) in [7, 11) is 1.67. The van der Waals surface area contributed by atoms with Crippen molar-refractivity contribution < 1.29 is 19.8 Å². The van der Waals surface area contributed by atoms with Crippen LogP contribution in [0.4, 0.5) is 0 Å². The van der Waals surface area contributed by atoms with Crippen LogP contribution in [0.3, 0.4) is 0 Å². The topological polar surface area (TPSA) is 86.6 Å². The molecule has 0 bridgehead atoms. The van der Waals surface area contributed by atoms with Crippen molar-refractivity contribution in [1.29, 1.82) is 0 Å². The van der Waals surface area contributed by atoms with Gasteiger partial charge < -0.3 is 15.5 Å². The minimum absolute atomic E-state index is 0.119. The molecule has 0 heterocycles. The predicted molar refractivity (Wildman–Crippen MR) is 55.8 cm³/mol. The summed E-state index contributed by atoms with van der Waals surface area (Å²) in [5.41, 5.74) is -1.63. The van der Waals surface area contributed by atoms with Crippen molar-refractivity contribution in [3.8, 4) is 0 Å². The molecular formula is C10H19NO4. The van der Waals surface area contributed by atoms with E-state index in [4.69, 9.17) is 10.2 Å². The molecule has 0 aliphatic heterocycles. The Bertz CT molecular complexity index is 203. The fourth-order valence-corrected chi connectivity index (χ4v) is 1.46. The van der Waals surface area contributed by atoms with Gasteiger partial charge in [0.15, 0.2) is 5.41 Å². The minimum Gasteiger partial charge on any atom is -0.480 e. The second kappa shape index (κ2) is 6.40. The monoisotopic (exact) mass is 217 g/mol. The first-order valence-electron chi connectivity index (χ1n) is 5.12. The first kappa shape index (κ1) is 13.9. The number of carboxylic acid groups (broad SMARTS) is 2. The van der Waals surface area contributed by atoms with Crippen LogP contribution in [0.5, 0.6) is 0 Å².